The van der Waals surface area contributed by atoms with Crippen LogP contribution in [-0.2, 0) is 14.3 Å². The highest BCUT2D eigenvalue weighted by molar-refractivity contribution is 7.98. The number of nitrogens with zero attached hydrogens (tertiary/aromatic N) is 2. The highest BCUT2D eigenvalue weighted by Crippen LogP contribution is 2.36. The van der Waals surface area contributed by atoms with Gasteiger partial charge in [-0.15, -0.1) is 11.8 Å². The normalized spacial score (nSPS) is 14.5. The number of furan rings is 1. The van der Waals surface area contributed by atoms with Gasteiger partial charge in [0, 0.05) is 22.1 Å². The van der Waals surface area contributed by atoms with Gasteiger partial charge in [0.15, 0.2) is 4.80 Å². The first-order valence-corrected chi connectivity index (χ1v) is 16.6. The van der Waals surface area contributed by atoms with E-state index in [9.17, 15) is 14.4 Å². The number of thiazole rings is 1. The quantitative estimate of drug-likeness (QED) is 0.140. The van der Waals surface area contributed by atoms with Gasteiger partial charge < -0.3 is 13.9 Å². The van der Waals surface area contributed by atoms with Crippen LogP contribution in [0.25, 0.3) is 23.1 Å². The summed E-state index contributed by atoms with van der Waals surface area (Å²) in [5.74, 6) is -0.204. The summed E-state index contributed by atoms with van der Waals surface area (Å²) in [6.07, 6.45) is 3.63. The Balaban J connectivity index is 1.52. The Bertz CT molecular complexity index is 2160. The molecule has 3 heterocycles. The van der Waals surface area contributed by atoms with E-state index in [4.69, 9.17) is 30.5 Å². The molecule has 6 rings (SSSR count). The van der Waals surface area contributed by atoms with Gasteiger partial charge in [0.1, 0.15) is 11.5 Å². The number of aromatic nitrogens is 1. The molecule has 0 unspecified atom stereocenters. The maximum Gasteiger partial charge on any atom is 0.339 e. The molecule has 5 aromatic rings. The van der Waals surface area contributed by atoms with Crippen molar-refractivity contribution in [3.8, 4) is 11.3 Å². The summed E-state index contributed by atoms with van der Waals surface area (Å²) < 4.78 is 18.4. The number of carbonyl (C=O) groups excluding carboxylic acids is 2. The predicted octanol–water partition coefficient (Wildman–Crippen LogP) is 6.36. The molecule has 0 saturated carbocycles. The molecule has 0 N–H and O–H groups in total. The number of halogens is 1. The summed E-state index contributed by atoms with van der Waals surface area (Å²) in [6, 6.07) is 24.8. The third-order valence-corrected chi connectivity index (χ3v) is 9.42. The van der Waals surface area contributed by atoms with Crippen molar-refractivity contribution < 1.29 is 23.5 Å². The molecule has 0 bridgehead atoms. The van der Waals surface area contributed by atoms with Crippen molar-refractivity contribution in [2.75, 3.05) is 20.0 Å². The Hall–Kier alpha value is -4.64. The van der Waals surface area contributed by atoms with E-state index in [0.29, 0.717) is 32.1 Å². The fourth-order valence-electron chi connectivity index (χ4n) is 5.20. The first kappa shape index (κ1) is 31.3. The molecule has 0 radical (unpaired) electrons. The molecule has 0 aliphatic carbocycles. The minimum Gasteiger partial charge on any atom is -0.465 e. The van der Waals surface area contributed by atoms with Crippen LogP contribution < -0.4 is 14.9 Å². The average Bonchev–Trinajstić information content (AvgIpc) is 3.68. The molecule has 8 nitrogen and oxygen atoms in total. The van der Waals surface area contributed by atoms with Crippen LogP contribution in [-0.4, -0.2) is 36.5 Å². The molecular weight excluding hydrogens is 644 g/mol. The van der Waals surface area contributed by atoms with Crippen molar-refractivity contribution in [3.05, 3.63) is 138 Å². The van der Waals surface area contributed by atoms with Gasteiger partial charge in [0.05, 0.1) is 46.1 Å². The first-order chi connectivity index (χ1) is 22.3. The van der Waals surface area contributed by atoms with Crippen LogP contribution in [0.4, 0.5) is 0 Å². The molecule has 232 valence electrons. The maximum absolute atomic E-state index is 14.2. The van der Waals surface area contributed by atoms with Crippen molar-refractivity contribution in [1.82, 2.24) is 4.57 Å². The molecule has 2 aromatic heterocycles. The predicted molar refractivity (Wildman–Crippen MR) is 180 cm³/mol. The second kappa shape index (κ2) is 13.4. The summed E-state index contributed by atoms with van der Waals surface area (Å²) in [7, 11) is 1.29. The van der Waals surface area contributed by atoms with Crippen LogP contribution in [0.3, 0.4) is 0 Å². The highest BCUT2D eigenvalue weighted by atomic mass is 35.5. The lowest BCUT2D eigenvalue weighted by atomic mass is 9.93. The van der Waals surface area contributed by atoms with Gasteiger partial charge in [-0.2, -0.15) is 0 Å². The summed E-state index contributed by atoms with van der Waals surface area (Å²) in [5.41, 5.74) is 2.73. The van der Waals surface area contributed by atoms with E-state index in [1.807, 2.05) is 60.9 Å². The number of hydrogen-bond donors (Lipinski definition) is 0. The summed E-state index contributed by atoms with van der Waals surface area (Å²) >= 11 is 8.99. The summed E-state index contributed by atoms with van der Waals surface area (Å²) in [5, 5.41) is 0.262. The topological polar surface area (TPSA) is 100 Å². The first-order valence-electron chi connectivity index (χ1n) is 14.2. The standard InChI is InChI=1S/C35H27ClN2O6S2/c1-4-43-34(41)29-30(20-8-6-5-7-9-20)37-35-38(31(29)21-10-14-24(45-3)15-11-21)32(39)28(46-35)19-23-13-17-27(44-23)22-12-16-26(36)25(18-22)33(40)42-2/h5-19,31H,4H2,1-3H3/b28-19-/t31-/m1/s1. The van der Waals surface area contributed by atoms with E-state index in [-0.39, 0.29) is 28.3 Å². The maximum atomic E-state index is 14.2. The van der Waals surface area contributed by atoms with E-state index in [2.05, 4.69) is 0 Å². The highest BCUT2D eigenvalue weighted by Gasteiger charge is 2.35. The Labute approximate surface area is 277 Å². The lowest BCUT2D eigenvalue weighted by Crippen LogP contribution is -2.40. The number of benzene rings is 3. The van der Waals surface area contributed by atoms with Crippen LogP contribution in [0.5, 0.6) is 0 Å². The van der Waals surface area contributed by atoms with Crippen molar-refractivity contribution >= 4 is 58.4 Å². The molecule has 11 heteroatoms. The van der Waals surface area contributed by atoms with Crippen LogP contribution >= 0.6 is 34.7 Å². The average molecular weight is 671 g/mol. The Kier molecular flexibility index (Phi) is 9.12. The van der Waals surface area contributed by atoms with Gasteiger partial charge in [-0.05, 0) is 61.2 Å². The van der Waals surface area contributed by atoms with Gasteiger partial charge in [-0.25, -0.2) is 14.6 Å². The lowest BCUT2D eigenvalue weighted by Gasteiger charge is -2.26. The third-order valence-electron chi connectivity index (χ3n) is 7.36. The molecule has 0 amide bonds. The minimum atomic E-state index is -0.776. The van der Waals surface area contributed by atoms with Crippen LogP contribution in [0.2, 0.25) is 5.02 Å². The molecular formula is C35H27ClN2O6S2. The van der Waals surface area contributed by atoms with Crippen LogP contribution in [0.15, 0.2) is 110 Å². The van der Waals surface area contributed by atoms with Gasteiger partial charge in [-0.3, -0.25) is 9.36 Å². The fourth-order valence-corrected chi connectivity index (χ4v) is 6.79. The van der Waals surface area contributed by atoms with Gasteiger partial charge in [-0.1, -0.05) is 65.4 Å². The molecule has 0 saturated heterocycles. The minimum absolute atomic E-state index is 0.169. The number of methoxy groups -OCH3 is 1. The summed E-state index contributed by atoms with van der Waals surface area (Å²) in [6.45, 7) is 1.92. The SMILES string of the molecule is CCOC(=O)C1=C(c2ccccc2)N=c2s/c(=C\c3ccc(-c4ccc(Cl)c(C(=O)OC)c4)o3)c(=O)n2[C@@H]1c1ccc(SC)cc1. The number of fused-ring (bicyclic) bond motifs is 1. The zero-order valence-corrected chi connectivity index (χ0v) is 27.4. The van der Waals surface area contributed by atoms with Gasteiger partial charge >= 0.3 is 11.9 Å². The second-order valence-electron chi connectivity index (χ2n) is 10.1. The smallest absolute Gasteiger partial charge is 0.339 e. The monoisotopic (exact) mass is 670 g/mol. The molecule has 0 fully saturated rings. The lowest BCUT2D eigenvalue weighted by molar-refractivity contribution is -0.138. The number of thioether (sulfide) groups is 1. The molecule has 1 aliphatic rings. The zero-order valence-electron chi connectivity index (χ0n) is 25.0. The van der Waals surface area contributed by atoms with Crippen LogP contribution in [0.1, 0.15) is 40.2 Å². The van der Waals surface area contributed by atoms with Crippen molar-refractivity contribution in [2.24, 2.45) is 4.99 Å². The summed E-state index contributed by atoms with van der Waals surface area (Å²) in [4.78, 5) is 46.3. The molecule has 46 heavy (non-hydrogen) atoms. The molecule has 3 aromatic carbocycles. The number of carbonyl (C=O) groups is 2. The van der Waals surface area contributed by atoms with Crippen molar-refractivity contribution in [1.29, 1.82) is 0 Å². The Morgan fingerprint density at radius 1 is 1.02 bits per heavy atom. The van der Waals surface area contributed by atoms with Crippen LogP contribution in [0, 0.1) is 0 Å². The van der Waals surface area contributed by atoms with Crippen molar-refractivity contribution in [3.63, 3.8) is 0 Å². The fraction of sp³-hybridized carbons (Fsp3) is 0.143. The number of hydrogen-bond acceptors (Lipinski definition) is 9. The number of esters is 2. The van der Waals surface area contributed by atoms with E-state index < -0.39 is 18.0 Å². The third kappa shape index (κ3) is 5.99. The molecule has 1 atom stereocenters. The Morgan fingerprint density at radius 3 is 2.48 bits per heavy atom. The van der Waals surface area contributed by atoms with Gasteiger partial charge in [0.2, 0.25) is 0 Å². The largest absolute Gasteiger partial charge is 0.465 e. The van der Waals surface area contributed by atoms with Crippen molar-refractivity contribution in [2.45, 2.75) is 17.9 Å². The number of rotatable bonds is 8. The van der Waals surface area contributed by atoms with E-state index >= 15 is 0 Å². The van der Waals surface area contributed by atoms with E-state index in [1.165, 1.54) is 18.4 Å². The zero-order chi connectivity index (χ0) is 32.4. The van der Waals surface area contributed by atoms with E-state index in [0.717, 1.165) is 16.0 Å². The number of ether oxygens (including phenoxy) is 2. The van der Waals surface area contributed by atoms with E-state index in [1.54, 1.807) is 59.7 Å². The molecule has 1 aliphatic heterocycles. The van der Waals surface area contributed by atoms with Gasteiger partial charge in [0.25, 0.3) is 5.56 Å². The Morgan fingerprint density at radius 2 is 1.78 bits per heavy atom. The second-order valence-corrected chi connectivity index (χ2v) is 12.4. The molecule has 0 spiro atoms.